The molecule has 94 valence electrons. The number of hydrogen-bond acceptors (Lipinski definition) is 2. The molecule has 1 saturated heterocycles. The molecule has 1 fully saturated rings. The maximum Gasteiger partial charge on any atom is 0.416 e. The molecule has 1 aliphatic rings. The topological polar surface area (TPSA) is 18.5 Å². The molecule has 1 heterocycles. The van der Waals surface area contributed by atoms with Crippen LogP contribution in [0.3, 0.4) is 0 Å². The molecule has 0 saturated carbocycles. The van der Waals surface area contributed by atoms with Crippen LogP contribution in [0.1, 0.15) is 31.9 Å². The van der Waals surface area contributed by atoms with Crippen molar-refractivity contribution in [2.75, 3.05) is 0 Å². The molecule has 1 atom stereocenters. The van der Waals surface area contributed by atoms with Crippen LogP contribution >= 0.6 is 0 Å². The van der Waals surface area contributed by atoms with Gasteiger partial charge < -0.3 is 0 Å². The van der Waals surface area contributed by atoms with E-state index in [1.54, 1.807) is 26.8 Å². The van der Waals surface area contributed by atoms with Gasteiger partial charge in [0.2, 0.25) is 0 Å². The highest BCUT2D eigenvalue weighted by Crippen LogP contribution is 2.48. The van der Waals surface area contributed by atoms with Gasteiger partial charge in [0.25, 0.3) is 0 Å². The molecule has 0 spiro atoms. The van der Waals surface area contributed by atoms with E-state index in [-0.39, 0.29) is 0 Å². The zero-order chi connectivity index (χ0) is 12.9. The van der Waals surface area contributed by atoms with Crippen molar-refractivity contribution in [1.29, 1.82) is 0 Å². The van der Waals surface area contributed by atoms with Gasteiger partial charge in [-0.05, 0) is 38.5 Å². The van der Waals surface area contributed by atoms with E-state index < -0.39 is 22.9 Å². The Hall–Kier alpha value is -1.07. The lowest BCUT2D eigenvalue weighted by Crippen LogP contribution is -2.59. The summed E-state index contributed by atoms with van der Waals surface area (Å²) in [6.45, 7) is 5.26. The number of alkyl halides is 3. The van der Waals surface area contributed by atoms with Crippen molar-refractivity contribution in [3.8, 4) is 0 Å². The Bertz CT molecular complexity index is 440. The van der Waals surface area contributed by atoms with E-state index in [9.17, 15) is 13.2 Å². The lowest BCUT2D eigenvalue weighted by atomic mass is 9.79. The summed E-state index contributed by atoms with van der Waals surface area (Å²) in [5.74, 6) is 0. The Morgan fingerprint density at radius 2 is 1.71 bits per heavy atom. The molecule has 1 unspecified atom stereocenters. The summed E-state index contributed by atoms with van der Waals surface area (Å²) in [6, 6.07) is 5.13. The third kappa shape index (κ3) is 1.83. The minimum absolute atomic E-state index is 0.462. The first-order chi connectivity index (χ1) is 7.67. The summed E-state index contributed by atoms with van der Waals surface area (Å²) in [7, 11) is 0. The average Bonchev–Trinajstić information content (AvgIpc) is 2.25. The van der Waals surface area contributed by atoms with Crippen LogP contribution in [0.25, 0.3) is 0 Å². The van der Waals surface area contributed by atoms with Crippen LogP contribution in [-0.2, 0) is 21.6 Å². The van der Waals surface area contributed by atoms with E-state index in [1.165, 1.54) is 6.07 Å². The predicted molar refractivity (Wildman–Crippen MR) is 55.0 cm³/mol. The van der Waals surface area contributed by atoms with Gasteiger partial charge in [0, 0.05) is 0 Å². The van der Waals surface area contributed by atoms with Gasteiger partial charge in [-0.25, -0.2) is 9.78 Å². The Morgan fingerprint density at radius 3 is 2.12 bits per heavy atom. The molecule has 1 aliphatic heterocycles. The fourth-order valence-corrected chi connectivity index (χ4v) is 1.72. The fraction of sp³-hybridized carbons (Fsp3) is 0.500. The third-order valence-corrected chi connectivity index (χ3v) is 3.31. The number of rotatable bonds is 1. The van der Waals surface area contributed by atoms with Crippen LogP contribution in [-0.4, -0.2) is 5.60 Å². The van der Waals surface area contributed by atoms with E-state index >= 15 is 0 Å². The van der Waals surface area contributed by atoms with E-state index in [0.717, 1.165) is 12.1 Å². The SMILES string of the molecule is CC1(C)OOC1(C)c1cccc(C(F)(F)F)c1. The highest BCUT2D eigenvalue weighted by molar-refractivity contribution is 5.32. The zero-order valence-electron chi connectivity index (χ0n) is 9.76. The number of benzene rings is 1. The molecule has 0 aromatic heterocycles. The molecule has 0 bridgehead atoms. The Labute approximate surface area is 97.3 Å². The Morgan fingerprint density at radius 1 is 1.06 bits per heavy atom. The van der Waals surface area contributed by atoms with Crippen molar-refractivity contribution in [2.24, 2.45) is 0 Å². The van der Waals surface area contributed by atoms with Crippen molar-refractivity contribution < 1.29 is 22.9 Å². The monoisotopic (exact) mass is 246 g/mol. The van der Waals surface area contributed by atoms with Gasteiger partial charge in [0.05, 0.1) is 5.56 Å². The van der Waals surface area contributed by atoms with Gasteiger partial charge >= 0.3 is 6.18 Å². The largest absolute Gasteiger partial charge is 0.416 e. The normalized spacial score (nSPS) is 27.6. The molecule has 2 nitrogen and oxygen atoms in total. The summed E-state index contributed by atoms with van der Waals surface area (Å²) in [5, 5.41) is 0. The van der Waals surface area contributed by atoms with Gasteiger partial charge in [-0.2, -0.15) is 13.2 Å². The predicted octanol–water partition coefficient (Wildman–Crippen LogP) is 3.66. The maximum atomic E-state index is 12.6. The van der Waals surface area contributed by atoms with E-state index in [4.69, 9.17) is 9.78 Å². The third-order valence-electron chi connectivity index (χ3n) is 3.31. The maximum absolute atomic E-state index is 12.6. The van der Waals surface area contributed by atoms with E-state index in [0.29, 0.717) is 5.56 Å². The van der Waals surface area contributed by atoms with Gasteiger partial charge in [-0.15, -0.1) is 0 Å². The lowest BCUT2D eigenvalue weighted by molar-refractivity contribution is -0.548. The van der Waals surface area contributed by atoms with Crippen molar-refractivity contribution >= 4 is 0 Å². The fourth-order valence-electron chi connectivity index (χ4n) is 1.72. The van der Waals surface area contributed by atoms with Gasteiger partial charge in [0.1, 0.15) is 5.60 Å². The molecule has 2 rings (SSSR count). The molecule has 1 aromatic rings. The quantitative estimate of drug-likeness (QED) is 0.704. The smallest absolute Gasteiger partial charge is 0.226 e. The molecule has 17 heavy (non-hydrogen) atoms. The second-order valence-electron chi connectivity index (χ2n) is 4.79. The van der Waals surface area contributed by atoms with Crippen LogP contribution in [0.2, 0.25) is 0 Å². The molecule has 0 radical (unpaired) electrons. The molecule has 5 heteroatoms. The van der Waals surface area contributed by atoms with E-state index in [1.807, 2.05) is 0 Å². The van der Waals surface area contributed by atoms with Gasteiger partial charge in [0.15, 0.2) is 5.60 Å². The summed E-state index contributed by atoms with van der Waals surface area (Å²) < 4.78 is 37.8. The second kappa shape index (κ2) is 3.46. The van der Waals surface area contributed by atoms with Crippen LogP contribution in [0.15, 0.2) is 24.3 Å². The number of hydrogen-bond donors (Lipinski definition) is 0. The van der Waals surface area contributed by atoms with Crippen LogP contribution in [0.5, 0.6) is 0 Å². The summed E-state index contributed by atoms with van der Waals surface area (Å²) in [4.78, 5) is 9.95. The standard InChI is InChI=1S/C12H13F3O2/c1-10(2)11(3,17-16-10)8-5-4-6-9(7-8)12(13,14)15/h4-7H,1-3H3. The minimum atomic E-state index is -4.35. The Balaban J connectivity index is 2.42. The van der Waals surface area contributed by atoms with Crippen LogP contribution < -0.4 is 0 Å². The number of halogens is 3. The molecule has 0 amide bonds. The van der Waals surface area contributed by atoms with Crippen molar-refractivity contribution in [1.82, 2.24) is 0 Å². The lowest BCUT2D eigenvalue weighted by Gasteiger charge is -2.51. The highest BCUT2D eigenvalue weighted by Gasteiger charge is 2.56. The van der Waals surface area contributed by atoms with Crippen LogP contribution in [0.4, 0.5) is 13.2 Å². The molecule has 0 aliphatic carbocycles. The second-order valence-corrected chi connectivity index (χ2v) is 4.79. The first kappa shape index (κ1) is 12.4. The highest BCUT2D eigenvalue weighted by atomic mass is 19.4. The van der Waals surface area contributed by atoms with Gasteiger partial charge in [-0.3, -0.25) is 0 Å². The first-order valence-electron chi connectivity index (χ1n) is 5.21. The zero-order valence-corrected chi connectivity index (χ0v) is 9.76. The molecule has 0 N–H and O–H groups in total. The van der Waals surface area contributed by atoms with Crippen molar-refractivity contribution in [3.63, 3.8) is 0 Å². The van der Waals surface area contributed by atoms with E-state index in [2.05, 4.69) is 0 Å². The van der Waals surface area contributed by atoms with Crippen molar-refractivity contribution in [2.45, 2.75) is 38.1 Å². The first-order valence-corrected chi connectivity index (χ1v) is 5.21. The molecular weight excluding hydrogens is 233 g/mol. The summed E-state index contributed by atoms with van der Waals surface area (Å²) in [6.07, 6.45) is -4.35. The van der Waals surface area contributed by atoms with Crippen molar-refractivity contribution in [3.05, 3.63) is 35.4 Å². The molecular formula is C12H13F3O2. The molecule has 1 aromatic carbocycles. The van der Waals surface area contributed by atoms with Gasteiger partial charge in [-0.1, -0.05) is 12.1 Å². The Kier molecular flexibility index (Phi) is 2.52. The minimum Gasteiger partial charge on any atom is -0.226 e. The summed E-state index contributed by atoms with van der Waals surface area (Å²) in [5.41, 5.74) is -1.71. The van der Waals surface area contributed by atoms with Crippen LogP contribution in [0, 0.1) is 0 Å². The summed E-state index contributed by atoms with van der Waals surface area (Å²) >= 11 is 0. The average molecular weight is 246 g/mol.